The molecular weight excluding hydrogens is 398 g/mol. The minimum absolute atomic E-state index is 0.0565. The van der Waals surface area contributed by atoms with E-state index in [9.17, 15) is 23.3 Å². The number of hydrogen-bond acceptors (Lipinski definition) is 6. The highest BCUT2D eigenvalue weighted by atomic mass is 32.2. The summed E-state index contributed by atoms with van der Waals surface area (Å²) in [5.41, 5.74) is 0.529. The predicted molar refractivity (Wildman–Crippen MR) is 109 cm³/mol. The standard InChI is InChI=1S/C19H23N3O6S/c1-4-17(19(23)20-13-14-8-5-6-11-18(14)28-2)21(29(3,26)27)15-9-7-10-16(12-15)22(24)25/h5-12,17H,4,13H2,1-3H3,(H,20,23)/t17-/m0/s1. The van der Waals surface area contributed by atoms with Gasteiger partial charge in [-0.3, -0.25) is 19.2 Å². The van der Waals surface area contributed by atoms with E-state index in [0.29, 0.717) is 5.75 Å². The molecule has 0 aliphatic carbocycles. The largest absolute Gasteiger partial charge is 0.496 e. The van der Waals surface area contributed by atoms with Crippen molar-refractivity contribution in [1.82, 2.24) is 5.32 Å². The van der Waals surface area contributed by atoms with Gasteiger partial charge in [0.2, 0.25) is 15.9 Å². The van der Waals surface area contributed by atoms with E-state index >= 15 is 0 Å². The Hall–Kier alpha value is -3.14. The number of nitrogens with zero attached hydrogens (tertiary/aromatic N) is 2. The lowest BCUT2D eigenvalue weighted by Crippen LogP contribution is -2.49. The lowest BCUT2D eigenvalue weighted by atomic mass is 10.1. The van der Waals surface area contributed by atoms with Crippen LogP contribution in [-0.4, -0.2) is 38.7 Å². The number of hydrogen-bond donors (Lipinski definition) is 1. The maximum absolute atomic E-state index is 12.8. The highest BCUT2D eigenvalue weighted by molar-refractivity contribution is 7.92. The minimum atomic E-state index is -3.89. The molecule has 29 heavy (non-hydrogen) atoms. The van der Waals surface area contributed by atoms with Gasteiger partial charge in [-0.2, -0.15) is 0 Å². The summed E-state index contributed by atoms with van der Waals surface area (Å²) < 4.78 is 31.1. The number of anilines is 1. The number of nitro groups is 1. The third kappa shape index (κ3) is 5.44. The molecule has 0 bridgehead atoms. The second-order valence-electron chi connectivity index (χ2n) is 6.29. The number of ether oxygens (including phenoxy) is 1. The van der Waals surface area contributed by atoms with Gasteiger partial charge in [0.25, 0.3) is 5.69 Å². The number of sulfonamides is 1. The molecule has 0 unspecified atom stereocenters. The number of non-ortho nitro benzene ring substituents is 1. The van der Waals surface area contributed by atoms with Gasteiger partial charge in [-0.15, -0.1) is 0 Å². The van der Waals surface area contributed by atoms with Crippen molar-refractivity contribution in [2.24, 2.45) is 0 Å². The van der Waals surface area contributed by atoms with E-state index in [2.05, 4.69) is 5.32 Å². The molecule has 2 aromatic rings. The van der Waals surface area contributed by atoms with Gasteiger partial charge in [0, 0.05) is 24.2 Å². The first-order chi connectivity index (χ1) is 13.7. The third-order valence-corrected chi connectivity index (χ3v) is 5.45. The molecule has 0 aromatic heterocycles. The molecule has 10 heteroatoms. The molecule has 156 valence electrons. The summed E-state index contributed by atoms with van der Waals surface area (Å²) in [6, 6.07) is 11.3. The quantitative estimate of drug-likeness (QED) is 0.491. The Morgan fingerprint density at radius 2 is 1.93 bits per heavy atom. The van der Waals surface area contributed by atoms with Crippen molar-refractivity contribution in [3.05, 3.63) is 64.2 Å². The second kappa shape index (κ2) is 9.37. The highest BCUT2D eigenvalue weighted by Gasteiger charge is 2.32. The van der Waals surface area contributed by atoms with E-state index in [0.717, 1.165) is 22.2 Å². The van der Waals surface area contributed by atoms with Gasteiger partial charge in [0.15, 0.2) is 0 Å². The van der Waals surface area contributed by atoms with Crippen molar-refractivity contribution < 1.29 is 22.9 Å². The lowest BCUT2D eigenvalue weighted by Gasteiger charge is -2.30. The Bertz CT molecular complexity index is 993. The van der Waals surface area contributed by atoms with Crippen molar-refractivity contribution in [3.8, 4) is 5.75 Å². The highest BCUT2D eigenvalue weighted by Crippen LogP contribution is 2.26. The van der Waals surface area contributed by atoms with Crippen LogP contribution in [-0.2, 0) is 21.4 Å². The van der Waals surface area contributed by atoms with Gasteiger partial charge >= 0.3 is 0 Å². The summed E-state index contributed by atoms with van der Waals surface area (Å²) in [5, 5.41) is 13.8. The molecule has 0 fully saturated rings. The van der Waals surface area contributed by atoms with Crippen LogP contribution in [0.2, 0.25) is 0 Å². The average Bonchev–Trinajstić information content (AvgIpc) is 2.69. The zero-order valence-electron chi connectivity index (χ0n) is 16.4. The molecule has 0 saturated heterocycles. The van der Waals surface area contributed by atoms with Crippen LogP contribution in [0.15, 0.2) is 48.5 Å². The van der Waals surface area contributed by atoms with Gasteiger partial charge in [-0.1, -0.05) is 31.2 Å². The SMILES string of the molecule is CC[C@@H](C(=O)NCc1ccccc1OC)N(c1cccc([N+](=O)[O-])c1)S(C)(=O)=O. The molecule has 1 amide bonds. The first-order valence-corrected chi connectivity index (χ1v) is 10.7. The van der Waals surface area contributed by atoms with Crippen molar-refractivity contribution in [2.75, 3.05) is 17.7 Å². The van der Waals surface area contributed by atoms with Crippen molar-refractivity contribution >= 4 is 27.3 Å². The molecule has 1 N–H and O–H groups in total. The van der Waals surface area contributed by atoms with Crippen LogP contribution in [0.1, 0.15) is 18.9 Å². The topological polar surface area (TPSA) is 119 Å². The summed E-state index contributed by atoms with van der Waals surface area (Å²) >= 11 is 0. The molecule has 2 rings (SSSR count). The zero-order chi connectivity index (χ0) is 21.6. The van der Waals surface area contributed by atoms with Crippen LogP contribution in [0, 0.1) is 10.1 Å². The summed E-state index contributed by atoms with van der Waals surface area (Å²) in [7, 11) is -2.37. The normalized spacial score (nSPS) is 12.1. The van der Waals surface area contributed by atoms with E-state index in [1.54, 1.807) is 31.2 Å². The number of para-hydroxylation sites is 1. The van der Waals surface area contributed by atoms with E-state index in [1.165, 1.54) is 25.3 Å². The van der Waals surface area contributed by atoms with Crippen LogP contribution in [0.25, 0.3) is 0 Å². The molecule has 2 aromatic carbocycles. The number of benzene rings is 2. The molecule has 0 aliphatic heterocycles. The molecule has 1 atom stereocenters. The van der Waals surface area contributed by atoms with Crippen molar-refractivity contribution in [3.63, 3.8) is 0 Å². The Balaban J connectivity index is 2.32. The van der Waals surface area contributed by atoms with E-state index in [1.807, 2.05) is 0 Å². The molecule has 0 radical (unpaired) electrons. The maximum Gasteiger partial charge on any atom is 0.271 e. The fourth-order valence-corrected chi connectivity index (χ4v) is 4.16. The monoisotopic (exact) mass is 421 g/mol. The second-order valence-corrected chi connectivity index (χ2v) is 8.15. The first kappa shape index (κ1) is 22.2. The number of nitro benzene ring substituents is 1. The summed E-state index contributed by atoms with van der Waals surface area (Å²) in [6.07, 6.45) is 1.13. The summed E-state index contributed by atoms with van der Waals surface area (Å²) in [6.45, 7) is 1.81. The fourth-order valence-electron chi connectivity index (χ4n) is 2.95. The van der Waals surface area contributed by atoms with Gasteiger partial charge in [-0.05, 0) is 18.6 Å². The Morgan fingerprint density at radius 3 is 2.52 bits per heavy atom. The van der Waals surface area contributed by atoms with E-state index < -0.39 is 26.9 Å². The fraction of sp³-hybridized carbons (Fsp3) is 0.316. The molecular formula is C19H23N3O6S. The number of carbonyl (C=O) groups is 1. The van der Waals surface area contributed by atoms with Crippen LogP contribution in [0.4, 0.5) is 11.4 Å². The smallest absolute Gasteiger partial charge is 0.271 e. The van der Waals surface area contributed by atoms with E-state index in [4.69, 9.17) is 4.74 Å². The Labute approximate surface area is 169 Å². The zero-order valence-corrected chi connectivity index (χ0v) is 17.2. The predicted octanol–water partition coefficient (Wildman–Crippen LogP) is 2.46. The molecule has 0 saturated carbocycles. The minimum Gasteiger partial charge on any atom is -0.496 e. The Kier molecular flexibility index (Phi) is 7.16. The van der Waals surface area contributed by atoms with Gasteiger partial charge in [0.05, 0.1) is 24.0 Å². The number of methoxy groups -OCH3 is 1. The summed E-state index contributed by atoms with van der Waals surface area (Å²) in [4.78, 5) is 23.3. The van der Waals surface area contributed by atoms with Crippen LogP contribution < -0.4 is 14.4 Å². The molecule has 0 heterocycles. The molecule has 0 aliphatic rings. The van der Waals surface area contributed by atoms with Crippen LogP contribution in [0.3, 0.4) is 0 Å². The van der Waals surface area contributed by atoms with Gasteiger partial charge in [0.1, 0.15) is 11.8 Å². The summed E-state index contributed by atoms with van der Waals surface area (Å²) in [5.74, 6) is 0.0786. The number of nitrogens with one attached hydrogen (secondary N) is 1. The number of amides is 1. The van der Waals surface area contributed by atoms with Gasteiger partial charge < -0.3 is 10.1 Å². The van der Waals surface area contributed by atoms with E-state index in [-0.39, 0.29) is 24.3 Å². The number of carbonyl (C=O) groups excluding carboxylic acids is 1. The van der Waals surface area contributed by atoms with Crippen molar-refractivity contribution in [2.45, 2.75) is 25.9 Å². The molecule has 9 nitrogen and oxygen atoms in total. The lowest BCUT2D eigenvalue weighted by molar-refractivity contribution is -0.384. The maximum atomic E-state index is 12.8. The average molecular weight is 421 g/mol. The molecule has 0 spiro atoms. The van der Waals surface area contributed by atoms with Crippen LogP contribution in [0.5, 0.6) is 5.75 Å². The Morgan fingerprint density at radius 1 is 1.24 bits per heavy atom. The number of rotatable bonds is 9. The van der Waals surface area contributed by atoms with Crippen LogP contribution >= 0.6 is 0 Å². The first-order valence-electron chi connectivity index (χ1n) is 8.82. The third-order valence-electron chi connectivity index (χ3n) is 4.27. The van der Waals surface area contributed by atoms with Crippen molar-refractivity contribution in [1.29, 1.82) is 0 Å². The van der Waals surface area contributed by atoms with Gasteiger partial charge in [-0.25, -0.2) is 8.42 Å².